The number of hydrogen-bond donors (Lipinski definition) is 1. The molecule has 3 rings (SSSR count). The summed E-state index contributed by atoms with van der Waals surface area (Å²) >= 11 is 1.70. The number of aryl methyl sites for hydroxylation is 1. The van der Waals surface area contributed by atoms with E-state index in [9.17, 15) is 4.79 Å². The van der Waals surface area contributed by atoms with E-state index in [0.29, 0.717) is 11.3 Å². The molecule has 2 aromatic rings. The highest BCUT2D eigenvalue weighted by molar-refractivity contribution is 7.18. The van der Waals surface area contributed by atoms with E-state index in [-0.39, 0.29) is 5.56 Å². The SMILES string of the molecule is CC(C)(C)C1CCc2c(sc3nc[nH]c(=O)c23)C1. The van der Waals surface area contributed by atoms with Crippen LogP contribution in [0.3, 0.4) is 0 Å². The molecule has 2 aromatic heterocycles. The van der Waals surface area contributed by atoms with E-state index in [0.717, 1.165) is 23.1 Å². The van der Waals surface area contributed by atoms with Gasteiger partial charge in [0.25, 0.3) is 5.56 Å². The molecule has 4 heteroatoms. The van der Waals surface area contributed by atoms with Crippen LogP contribution in [0.25, 0.3) is 10.2 Å². The Bertz CT molecular complexity index is 648. The van der Waals surface area contributed by atoms with Gasteiger partial charge in [-0.25, -0.2) is 4.98 Å². The number of thiophene rings is 1. The molecule has 0 saturated carbocycles. The summed E-state index contributed by atoms with van der Waals surface area (Å²) in [6.07, 6.45) is 4.80. The molecule has 18 heavy (non-hydrogen) atoms. The minimum atomic E-state index is 0.0201. The van der Waals surface area contributed by atoms with Crippen LogP contribution in [0.2, 0.25) is 0 Å². The van der Waals surface area contributed by atoms with Gasteiger partial charge < -0.3 is 4.98 Å². The minimum Gasteiger partial charge on any atom is -0.313 e. The van der Waals surface area contributed by atoms with Crippen LogP contribution in [0.15, 0.2) is 11.1 Å². The van der Waals surface area contributed by atoms with Crippen molar-refractivity contribution in [1.29, 1.82) is 0 Å². The van der Waals surface area contributed by atoms with Crippen molar-refractivity contribution in [2.24, 2.45) is 11.3 Å². The van der Waals surface area contributed by atoms with E-state index in [1.165, 1.54) is 23.2 Å². The highest BCUT2D eigenvalue weighted by atomic mass is 32.1. The summed E-state index contributed by atoms with van der Waals surface area (Å²) in [5.41, 5.74) is 1.62. The van der Waals surface area contributed by atoms with Crippen LogP contribution >= 0.6 is 11.3 Å². The Morgan fingerprint density at radius 2 is 2.22 bits per heavy atom. The summed E-state index contributed by atoms with van der Waals surface area (Å²) in [6.45, 7) is 6.92. The largest absolute Gasteiger partial charge is 0.313 e. The molecule has 0 bridgehead atoms. The van der Waals surface area contributed by atoms with Gasteiger partial charge >= 0.3 is 0 Å². The molecular weight excluding hydrogens is 244 g/mol. The highest BCUT2D eigenvalue weighted by Crippen LogP contribution is 2.41. The standard InChI is InChI=1S/C14H18N2OS/c1-14(2,3)8-4-5-9-10(6-8)18-13-11(9)12(17)15-7-16-13/h7-8H,4-6H2,1-3H3,(H,15,16,17). The number of hydrogen-bond acceptors (Lipinski definition) is 3. The van der Waals surface area contributed by atoms with E-state index in [1.54, 1.807) is 11.3 Å². The molecule has 0 spiro atoms. The third kappa shape index (κ3) is 1.79. The Morgan fingerprint density at radius 1 is 1.44 bits per heavy atom. The Balaban J connectivity index is 2.11. The van der Waals surface area contributed by atoms with Crippen molar-refractivity contribution in [2.75, 3.05) is 0 Å². The van der Waals surface area contributed by atoms with Gasteiger partial charge in [-0.1, -0.05) is 20.8 Å². The van der Waals surface area contributed by atoms with Crippen LogP contribution in [0, 0.1) is 11.3 Å². The molecule has 1 aliphatic rings. The van der Waals surface area contributed by atoms with Crippen LogP contribution in [0.4, 0.5) is 0 Å². The molecule has 1 N–H and O–H groups in total. The first-order valence-electron chi connectivity index (χ1n) is 6.45. The molecule has 0 saturated heterocycles. The number of nitrogens with zero attached hydrogens (tertiary/aromatic N) is 1. The molecule has 2 heterocycles. The maximum Gasteiger partial charge on any atom is 0.259 e. The van der Waals surface area contributed by atoms with Gasteiger partial charge in [0.1, 0.15) is 4.83 Å². The van der Waals surface area contributed by atoms with Gasteiger partial charge in [0.05, 0.1) is 11.7 Å². The van der Waals surface area contributed by atoms with Gasteiger partial charge in [0.15, 0.2) is 0 Å². The monoisotopic (exact) mass is 262 g/mol. The molecular formula is C14H18N2OS. The quantitative estimate of drug-likeness (QED) is 0.792. The van der Waals surface area contributed by atoms with Crippen molar-refractivity contribution in [3.63, 3.8) is 0 Å². The summed E-state index contributed by atoms with van der Waals surface area (Å²) < 4.78 is 0. The zero-order chi connectivity index (χ0) is 12.9. The molecule has 0 radical (unpaired) electrons. The Labute approximate surface area is 110 Å². The van der Waals surface area contributed by atoms with Crippen molar-refractivity contribution in [3.05, 3.63) is 27.1 Å². The number of aromatic amines is 1. The average Bonchev–Trinajstić information content (AvgIpc) is 2.66. The molecule has 1 unspecified atom stereocenters. The van der Waals surface area contributed by atoms with E-state index < -0.39 is 0 Å². The number of nitrogens with one attached hydrogen (secondary N) is 1. The fourth-order valence-electron chi connectivity index (χ4n) is 2.86. The van der Waals surface area contributed by atoms with Crippen molar-refractivity contribution in [2.45, 2.75) is 40.0 Å². The first-order valence-corrected chi connectivity index (χ1v) is 7.26. The summed E-state index contributed by atoms with van der Waals surface area (Å²) in [5, 5.41) is 0.838. The molecule has 1 atom stereocenters. The molecule has 0 aliphatic heterocycles. The first kappa shape index (κ1) is 11.9. The van der Waals surface area contributed by atoms with Crippen molar-refractivity contribution in [3.8, 4) is 0 Å². The van der Waals surface area contributed by atoms with Gasteiger partial charge in [-0.05, 0) is 36.2 Å². The fraction of sp³-hybridized carbons (Fsp3) is 0.571. The van der Waals surface area contributed by atoms with Crippen molar-refractivity contribution in [1.82, 2.24) is 9.97 Å². The Hall–Kier alpha value is -1.16. The first-order chi connectivity index (χ1) is 8.47. The molecule has 96 valence electrons. The topological polar surface area (TPSA) is 45.8 Å². The molecule has 1 aliphatic carbocycles. The van der Waals surface area contributed by atoms with Gasteiger partial charge in [0.2, 0.25) is 0 Å². The average molecular weight is 262 g/mol. The molecule has 3 nitrogen and oxygen atoms in total. The van der Waals surface area contributed by atoms with Gasteiger partial charge in [-0.2, -0.15) is 0 Å². The van der Waals surface area contributed by atoms with Crippen LogP contribution in [0.5, 0.6) is 0 Å². The predicted molar refractivity (Wildman–Crippen MR) is 75.2 cm³/mol. The van der Waals surface area contributed by atoms with Gasteiger partial charge in [-0.3, -0.25) is 4.79 Å². The van der Waals surface area contributed by atoms with Crippen molar-refractivity contribution < 1.29 is 0 Å². The third-order valence-electron chi connectivity index (χ3n) is 4.08. The third-order valence-corrected chi connectivity index (χ3v) is 5.24. The van der Waals surface area contributed by atoms with E-state index in [1.807, 2.05) is 0 Å². The number of rotatable bonds is 0. The maximum absolute atomic E-state index is 11.9. The smallest absolute Gasteiger partial charge is 0.259 e. The molecule has 0 aromatic carbocycles. The second-order valence-electron chi connectivity index (χ2n) is 6.22. The fourth-order valence-corrected chi connectivity index (χ4v) is 4.13. The van der Waals surface area contributed by atoms with Crippen LogP contribution in [-0.2, 0) is 12.8 Å². The second kappa shape index (κ2) is 3.92. The Kier molecular flexibility index (Phi) is 2.59. The van der Waals surface area contributed by atoms with E-state index >= 15 is 0 Å². The molecule has 0 fully saturated rings. The maximum atomic E-state index is 11.9. The lowest BCUT2D eigenvalue weighted by Gasteiger charge is -2.33. The Morgan fingerprint density at radius 3 is 2.94 bits per heavy atom. The van der Waals surface area contributed by atoms with E-state index in [4.69, 9.17) is 0 Å². The van der Waals surface area contributed by atoms with Gasteiger partial charge in [0, 0.05) is 4.88 Å². The number of aromatic nitrogens is 2. The van der Waals surface area contributed by atoms with Crippen LogP contribution < -0.4 is 5.56 Å². The van der Waals surface area contributed by atoms with Crippen LogP contribution in [-0.4, -0.2) is 9.97 Å². The van der Waals surface area contributed by atoms with Crippen LogP contribution in [0.1, 0.15) is 37.6 Å². The van der Waals surface area contributed by atoms with Gasteiger partial charge in [-0.15, -0.1) is 11.3 Å². The minimum absolute atomic E-state index is 0.0201. The lowest BCUT2D eigenvalue weighted by molar-refractivity contribution is 0.218. The zero-order valence-corrected chi connectivity index (χ0v) is 11.9. The molecule has 0 amide bonds. The summed E-state index contributed by atoms with van der Waals surface area (Å²) in [7, 11) is 0. The number of H-pyrrole nitrogens is 1. The number of fused-ring (bicyclic) bond motifs is 3. The predicted octanol–water partition coefficient (Wildman–Crippen LogP) is 3.14. The lowest BCUT2D eigenvalue weighted by atomic mass is 9.72. The van der Waals surface area contributed by atoms with E-state index in [2.05, 4.69) is 30.7 Å². The normalized spacial score (nSPS) is 20.1. The zero-order valence-electron chi connectivity index (χ0n) is 11.0. The summed E-state index contributed by atoms with van der Waals surface area (Å²) in [5.74, 6) is 0.706. The summed E-state index contributed by atoms with van der Waals surface area (Å²) in [6, 6.07) is 0. The van der Waals surface area contributed by atoms with Crippen molar-refractivity contribution >= 4 is 21.6 Å². The summed E-state index contributed by atoms with van der Waals surface area (Å²) in [4.78, 5) is 21.2. The lowest BCUT2D eigenvalue weighted by Crippen LogP contribution is -2.26. The second-order valence-corrected chi connectivity index (χ2v) is 7.30. The highest BCUT2D eigenvalue weighted by Gasteiger charge is 2.31.